The summed E-state index contributed by atoms with van der Waals surface area (Å²) in [6.07, 6.45) is 2.18. The van der Waals surface area contributed by atoms with Crippen molar-refractivity contribution < 1.29 is 32.6 Å². The Bertz CT molecular complexity index is 2200. The summed E-state index contributed by atoms with van der Waals surface area (Å²) in [5.74, 6) is -0.754. The van der Waals surface area contributed by atoms with Crippen LogP contribution in [0.2, 0.25) is 0 Å². The minimum absolute atomic E-state index is 0.00374. The van der Waals surface area contributed by atoms with Gasteiger partial charge in [0, 0.05) is 24.3 Å². The monoisotopic (exact) mass is 761 g/mol. The average Bonchev–Trinajstić information content (AvgIpc) is 3.17. The number of methoxy groups -OCH3 is 1. The molecule has 3 amide bonds. The number of phenolic OH excluding ortho intramolecular Hbond substituents is 1. The van der Waals surface area contributed by atoms with Gasteiger partial charge in [-0.05, 0) is 76.2 Å². The highest BCUT2D eigenvalue weighted by atomic mass is 32.2. The third kappa shape index (κ3) is 12.0. The van der Waals surface area contributed by atoms with Gasteiger partial charge in [-0.25, -0.2) is 8.42 Å². The van der Waals surface area contributed by atoms with E-state index in [4.69, 9.17) is 4.74 Å². The zero-order valence-electron chi connectivity index (χ0n) is 31.1. The van der Waals surface area contributed by atoms with Crippen LogP contribution in [0.5, 0.6) is 11.5 Å². The Morgan fingerprint density at radius 3 is 1.93 bits per heavy atom. The number of amides is 3. The molecule has 5 aromatic carbocycles. The SMILES string of the molecule is COc1ccc(C[C@H](NC(=O)Cc2ccc3ccccc3c2)C(=O)N[C@@H](Cc2ccccc2)C(=O)N[C@@H](/C=C/S(=O)(=O)c2ccc(O)cc2)CC(C)C)cc1. The van der Waals surface area contributed by atoms with Crippen molar-refractivity contribution in [2.45, 2.75) is 62.6 Å². The van der Waals surface area contributed by atoms with E-state index in [2.05, 4.69) is 16.0 Å². The predicted molar refractivity (Wildman–Crippen MR) is 214 cm³/mol. The number of carbonyl (C=O) groups is 3. The Morgan fingerprint density at radius 1 is 0.691 bits per heavy atom. The summed E-state index contributed by atoms with van der Waals surface area (Å²) in [6.45, 7) is 3.91. The second-order valence-electron chi connectivity index (χ2n) is 13.9. The molecule has 55 heavy (non-hydrogen) atoms. The van der Waals surface area contributed by atoms with E-state index >= 15 is 0 Å². The predicted octanol–water partition coefficient (Wildman–Crippen LogP) is 6.07. The van der Waals surface area contributed by atoms with Crippen LogP contribution in [0.3, 0.4) is 0 Å². The van der Waals surface area contributed by atoms with Gasteiger partial charge in [-0.1, -0.05) is 105 Å². The molecular formula is C44H47N3O7S. The Balaban J connectivity index is 1.38. The molecule has 3 atom stereocenters. The molecule has 0 spiro atoms. The quantitative estimate of drug-likeness (QED) is 0.0899. The van der Waals surface area contributed by atoms with Gasteiger partial charge in [0.25, 0.3) is 0 Å². The van der Waals surface area contributed by atoms with Crippen LogP contribution in [0.4, 0.5) is 0 Å². The number of hydrogen-bond acceptors (Lipinski definition) is 7. The van der Waals surface area contributed by atoms with Crippen LogP contribution in [-0.4, -0.2) is 56.5 Å². The molecule has 5 rings (SSSR count). The molecule has 0 saturated carbocycles. The number of nitrogens with one attached hydrogen (secondary N) is 3. The van der Waals surface area contributed by atoms with Crippen molar-refractivity contribution in [2.75, 3.05) is 7.11 Å². The number of benzene rings is 5. The molecule has 0 bridgehead atoms. The van der Waals surface area contributed by atoms with Crippen molar-refractivity contribution in [2.24, 2.45) is 5.92 Å². The molecule has 4 N–H and O–H groups in total. The van der Waals surface area contributed by atoms with Crippen molar-refractivity contribution >= 4 is 38.3 Å². The summed E-state index contributed by atoms with van der Waals surface area (Å²) in [7, 11) is -2.32. The first-order valence-corrected chi connectivity index (χ1v) is 19.7. The lowest BCUT2D eigenvalue weighted by molar-refractivity contribution is -0.132. The smallest absolute Gasteiger partial charge is 0.243 e. The molecule has 0 aliphatic rings. The molecule has 0 saturated heterocycles. The third-order valence-electron chi connectivity index (χ3n) is 9.05. The zero-order valence-corrected chi connectivity index (χ0v) is 32.0. The largest absolute Gasteiger partial charge is 0.508 e. The summed E-state index contributed by atoms with van der Waals surface area (Å²) in [5, 5.41) is 21.5. The number of rotatable bonds is 17. The number of aromatic hydroxyl groups is 1. The lowest BCUT2D eigenvalue weighted by Crippen LogP contribution is -2.56. The van der Waals surface area contributed by atoms with Crippen LogP contribution in [0.15, 0.2) is 138 Å². The lowest BCUT2D eigenvalue weighted by Gasteiger charge is -2.26. The summed E-state index contributed by atoms with van der Waals surface area (Å²) in [6, 6.07) is 32.5. The molecule has 0 heterocycles. The van der Waals surface area contributed by atoms with Crippen molar-refractivity contribution in [3.8, 4) is 11.5 Å². The minimum atomic E-state index is -3.88. The van der Waals surface area contributed by atoms with Crippen LogP contribution in [0.1, 0.15) is 37.0 Å². The van der Waals surface area contributed by atoms with Gasteiger partial charge in [-0.3, -0.25) is 14.4 Å². The van der Waals surface area contributed by atoms with Gasteiger partial charge in [0.05, 0.1) is 18.4 Å². The fourth-order valence-corrected chi connectivity index (χ4v) is 7.28. The highest BCUT2D eigenvalue weighted by molar-refractivity contribution is 7.94. The van der Waals surface area contributed by atoms with Gasteiger partial charge in [0.1, 0.15) is 23.6 Å². The van der Waals surface area contributed by atoms with Gasteiger partial charge in [0.15, 0.2) is 9.84 Å². The Kier molecular flexibility index (Phi) is 13.8. The molecule has 0 aliphatic carbocycles. The van der Waals surface area contributed by atoms with Gasteiger partial charge in [-0.15, -0.1) is 0 Å². The maximum atomic E-state index is 14.2. The molecule has 10 nitrogen and oxygen atoms in total. The number of fused-ring (bicyclic) bond motifs is 1. The summed E-state index contributed by atoms with van der Waals surface area (Å²) < 4.78 is 31.5. The first-order chi connectivity index (χ1) is 26.4. The van der Waals surface area contributed by atoms with Gasteiger partial charge >= 0.3 is 0 Å². The lowest BCUT2D eigenvalue weighted by atomic mass is 10.0. The maximum absolute atomic E-state index is 14.2. The minimum Gasteiger partial charge on any atom is -0.508 e. The van der Waals surface area contributed by atoms with E-state index in [9.17, 15) is 27.9 Å². The van der Waals surface area contributed by atoms with Gasteiger partial charge in [-0.2, -0.15) is 0 Å². The van der Waals surface area contributed by atoms with E-state index < -0.39 is 39.8 Å². The molecule has 0 radical (unpaired) electrons. The fourth-order valence-electron chi connectivity index (χ4n) is 6.21. The molecule has 11 heteroatoms. The Morgan fingerprint density at radius 2 is 1.27 bits per heavy atom. The standard InChI is InChI=1S/C44H47N3O7S/c1-30(2)25-36(23-24-55(52,53)39-21-17-37(48)18-22-39)45-43(50)41(27-31-9-5-4-6-10-31)47-44(51)40(28-32-14-19-38(54-3)20-15-32)46-42(49)29-33-13-16-34-11-7-8-12-35(34)26-33/h4-24,26,30,36,40-41,48H,25,27-29H2,1-3H3,(H,45,50)(H,46,49)(H,47,51)/b24-23+/t36-,40-,41-/m0/s1. The molecular weight excluding hydrogens is 715 g/mol. The maximum Gasteiger partial charge on any atom is 0.243 e. The highest BCUT2D eigenvalue weighted by Crippen LogP contribution is 2.19. The Labute approximate surface area is 322 Å². The third-order valence-corrected chi connectivity index (χ3v) is 10.5. The van der Waals surface area contributed by atoms with Crippen molar-refractivity contribution in [1.82, 2.24) is 16.0 Å². The summed E-state index contributed by atoms with van der Waals surface area (Å²) >= 11 is 0. The van der Waals surface area contributed by atoms with Crippen molar-refractivity contribution in [3.63, 3.8) is 0 Å². The van der Waals surface area contributed by atoms with Crippen LogP contribution >= 0.6 is 0 Å². The number of sulfone groups is 1. The summed E-state index contributed by atoms with van der Waals surface area (Å²) in [4.78, 5) is 41.8. The number of ether oxygens (including phenoxy) is 1. The number of phenols is 1. The normalized spacial score (nSPS) is 13.2. The zero-order chi connectivity index (χ0) is 39.4. The second kappa shape index (κ2) is 18.9. The van der Waals surface area contributed by atoms with Crippen LogP contribution in [-0.2, 0) is 43.5 Å². The van der Waals surface area contributed by atoms with Crippen LogP contribution in [0.25, 0.3) is 10.8 Å². The first kappa shape index (κ1) is 40.2. The first-order valence-electron chi connectivity index (χ1n) is 18.2. The second-order valence-corrected chi connectivity index (χ2v) is 15.7. The number of hydrogen-bond donors (Lipinski definition) is 4. The fraction of sp³-hybridized carbons (Fsp3) is 0.250. The van der Waals surface area contributed by atoms with Crippen molar-refractivity contribution in [3.05, 3.63) is 150 Å². The molecule has 5 aromatic rings. The van der Waals surface area contributed by atoms with E-state index in [0.717, 1.165) is 32.9 Å². The van der Waals surface area contributed by atoms with E-state index in [1.807, 2.05) is 98.8 Å². The molecule has 0 unspecified atom stereocenters. The van der Waals surface area contributed by atoms with Crippen molar-refractivity contribution in [1.29, 1.82) is 0 Å². The molecule has 0 aromatic heterocycles. The topological polar surface area (TPSA) is 151 Å². The number of carbonyl (C=O) groups excluding carboxylic acids is 3. The molecule has 0 aliphatic heterocycles. The summed E-state index contributed by atoms with van der Waals surface area (Å²) in [5.41, 5.74) is 2.35. The van der Waals surface area contributed by atoms with E-state index in [0.29, 0.717) is 12.2 Å². The van der Waals surface area contributed by atoms with E-state index in [1.165, 1.54) is 30.3 Å². The van der Waals surface area contributed by atoms with Crippen LogP contribution < -0.4 is 20.7 Å². The average molecular weight is 762 g/mol. The van der Waals surface area contributed by atoms with Crippen LogP contribution in [0, 0.1) is 5.92 Å². The molecule has 0 fully saturated rings. The van der Waals surface area contributed by atoms with Gasteiger partial charge < -0.3 is 25.8 Å². The van der Waals surface area contributed by atoms with Gasteiger partial charge in [0.2, 0.25) is 17.7 Å². The Hall–Kier alpha value is -5.94. The highest BCUT2D eigenvalue weighted by Gasteiger charge is 2.29. The van der Waals surface area contributed by atoms with E-state index in [-0.39, 0.29) is 41.7 Å². The van der Waals surface area contributed by atoms with E-state index in [1.54, 1.807) is 19.2 Å². The molecule has 286 valence electrons.